The van der Waals surface area contributed by atoms with E-state index in [1.165, 1.54) is 6.07 Å². The van der Waals surface area contributed by atoms with Gasteiger partial charge in [0.2, 0.25) is 5.54 Å². The number of carboxylic acid groups (broad SMARTS) is 1. The highest BCUT2D eigenvalue weighted by Crippen LogP contribution is 2.41. The number of anilines is 1. The van der Waals surface area contributed by atoms with Gasteiger partial charge in [-0.3, -0.25) is 0 Å². The summed E-state index contributed by atoms with van der Waals surface area (Å²) >= 11 is 0. The molecule has 0 saturated heterocycles. The molecule has 0 radical (unpaired) electrons. The van der Waals surface area contributed by atoms with E-state index in [2.05, 4.69) is 5.32 Å². The number of hydrogen-bond acceptors (Lipinski definition) is 2. The summed E-state index contributed by atoms with van der Waals surface area (Å²) in [7, 11) is 0. The third-order valence-corrected chi connectivity index (χ3v) is 2.98. The van der Waals surface area contributed by atoms with Crippen molar-refractivity contribution >= 4 is 11.7 Å². The largest absolute Gasteiger partial charge is 0.479 e. The Morgan fingerprint density at radius 2 is 2.00 bits per heavy atom. The molecule has 1 aliphatic rings. The summed E-state index contributed by atoms with van der Waals surface area (Å²) in [6, 6.07) is 6.42. The zero-order valence-electron chi connectivity index (χ0n) is 8.71. The van der Waals surface area contributed by atoms with E-state index in [9.17, 15) is 18.0 Å². The monoisotopic (exact) mass is 245 g/mol. The van der Waals surface area contributed by atoms with Crippen LogP contribution >= 0.6 is 0 Å². The van der Waals surface area contributed by atoms with Crippen LogP contribution in [0.1, 0.15) is 12.0 Å². The maximum atomic E-state index is 12.9. The second kappa shape index (κ2) is 3.65. The number of hydrogen-bond donors (Lipinski definition) is 2. The van der Waals surface area contributed by atoms with E-state index in [-0.39, 0.29) is 12.1 Å². The lowest BCUT2D eigenvalue weighted by atomic mass is 9.85. The van der Waals surface area contributed by atoms with Gasteiger partial charge in [-0.15, -0.1) is 0 Å². The van der Waals surface area contributed by atoms with Gasteiger partial charge in [-0.05, 0) is 24.5 Å². The molecule has 1 aliphatic heterocycles. The highest BCUT2D eigenvalue weighted by atomic mass is 19.4. The fourth-order valence-corrected chi connectivity index (χ4v) is 1.97. The second-order valence-electron chi connectivity index (χ2n) is 3.99. The van der Waals surface area contributed by atoms with Crippen molar-refractivity contribution in [3.8, 4) is 0 Å². The number of para-hydroxylation sites is 1. The summed E-state index contributed by atoms with van der Waals surface area (Å²) < 4.78 is 38.7. The Balaban J connectivity index is 2.45. The number of aryl methyl sites for hydroxylation is 1. The third kappa shape index (κ3) is 1.73. The molecule has 1 unspecified atom stereocenters. The first kappa shape index (κ1) is 11.8. The molecule has 1 atom stereocenters. The van der Waals surface area contributed by atoms with Crippen molar-refractivity contribution in [2.45, 2.75) is 24.6 Å². The molecule has 2 rings (SSSR count). The highest BCUT2D eigenvalue weighted by molar-refractivity contribution is 5.85. The van der Waals surface area contributed by atoms with Gasteiger partial charge in [0.05, 0.1) is 0 Å². The van der Waals surface area contributed by atoms with Crippen LogP contribution in [0.25, 0.3) is 0 Å². The van der Waals surface area contributed by atoms with E-state index >= 15 is 0 Å². The molecule has 1 heterocycles. The van der Waals surface area contributed by atoms with E-state index in [4.69, 9.17) is 5.11 Å². The molecule has 17 heavy (non-hydrogen) atoms. The van der Waals surface area contributed by atoms with Crippen LogP contribution in [0.15, 0.2) is 24.3 Å². The average Bonchev–Trinajstić information content (AvgIpc) is 2.26. The SMILES string of the molecule is O=C(O)C1(C(F)(F)F)CCc2ccccc2N1. The van der Waals surface area contributed by atoms with Gasteiger partial charge in [0.1, 0.15) is 0 Å². The van der Waals surface area contributed by atoms with Gasteiger partial charge in [0.25, 0.3) is 0 Å². The van der Waals surface area contributed by atoms with Crippen LogP contribution in [0.4, 0.5) is 18.9 Å². The van der Waals surface area contributed by atoms with Crippen molar-refractivity contribution in [1.29, 1.82) is 0 Å². The standard InChI is InChI=1S/C11H10F3NO2/c12-11(13,14)10(9(16)17)6-5-7-3-1-2-4-8(7)15-10/h1-4,15H,5-6H2,(H,16,17). The number of aliphatic carboxylic acids is 1. The van der Waals surface area contributed by atoms with Crippen molar-refractivity contribution in [2.75, 3.05) is 5.32 Å². The molecule has 1 aromatic rings. The van der Waals surface area contributed by atoms with Crippen LogP contribution < -0.4 is 5.32 Å². The fraction of sp³-hybridized carbons (Fsp3) is 0.364. The molecule has 1 aromatic carbocycles. The molecule has 0 aliphatic carbocycles. The van der Waals surface area contributed by atoms with Gasteiger partial charge in [0, 0.05) is 5.69 Å². The summed E-state index contributed by atoms with van der Waals surface area (Å²) in [5, 5.41) is 11.0. The molecular weight excluding hydrogens is 235 g/mol. The minimum atomic E-state index is -4.83. The minimum Gasteiger partial charge on any atom is -0.479 e. The van der Waals surface area contributed by atoms with Crippen molar-refractivity contribution in [2.24, 2.45) is 0 Å². The Kier molecular flexibility index (Phi) is 2.52. The normalized spacial score (nSPS) is 23.7. The van der Waals surface area contributed by atoms with Crippen LogP contribution in [0, 0.1) is 0 Å². The topological polar surface area (TPSA) is 49.3 Å². The van der Waals surface area contributed by atoms with Crippen LogP contribution in [-0.2, 0) is 11.2 Å². The molecule has 0 amide bonds. The Bertz CT molecular complexity index is 458. The fourth-order valence-electron chi connectivity index (χ4n) is 1.97. The van der Waals surface area contributed by atoms with Crippen molar-refractivity contribution in [3.63, 3.8) is 0 Å². The Morgan fingerprint density at radius 1 is 1.35 bits per heavy atom. The number of alkyl halides is 3. The van der Waals surface area contributed by atoms with Gasteiger partial charge < -0.3 is 10.4 Å². The Labute approximate surface area is 95.3 Å². The van der Waals surface area contributed by atoms with E-state index < -0.39 is 24.1 Å². The van der Waals surface area contributed by atoms with Crippen molar-refractivity contribution in [3.05, 3.63) is 29.8 Å². The number of halogens is 3. The maximum Gasteiger partial charge on any atom is 0.422 e. The molecule has 2 N–H and O–H groups in total. The lowest BCUT2D eigenvalue weighted by Crippen LogP contribution is -2.59. The lowest BCUT2D eigenvalue weighted by Gasteiger charge is -2.37. The molecule has 92 valence electrons. The molecule has 3 nitrogen and oxygen atoms in total. The van der Waals surface area contributed by atoms with Crippen molar-refractivity contribution in [1.82, 2.24) is 0 Å². The molecule has 0 spiro atoms. The van der Waals surface area contributed by atoms with E-state index in [1.807, 2.05) is 0 Å². The predicted octanol–water partition coefficient (Wildman–Crippen LogP) is 2.43. The number of fused-ring (bicyclic) bond motifs is 1. The predicted molar refractivity (Wildman–Crippen MR) is 54.8 cm³/mol. The molecular formula is C11H10F3NO2. The van der Waals surface area contributed by atoms with E-state index in [0.29, 0.717) is 5.56 Å². The highest BCUT2D eigenvalue weighted by Gasteiger charge is 2.61. The first-order valence-electron chi connectivity index (χ1n) is 5.03. The number of rotatable bonds is 1. The first-order valence-corrected chi connectivity index (χ1v) is 5.03. The zero-order chi connectivity index (χ0) is 12.7. The number of carbonyl (C=O) groups is 1. The minimum absolute atomic E-state index is 0.0922. The van der Waals surface area contributed by atoms with Crippen LogP contribution in [0.3, 0.4) is 0 Å². The van der Waals surface area contributed by atoms with Gasteiger partial charge in [-0.1, -0.05) is 18.2 Å². The lowest BCUT2D eigenvalue weighted by molar-refractivity contribution is -0.198. The van der Waals surface area contributed by atoms with Gasteiger partial charge in [-0.25, -0.2) is 4.79 Å². The third-order valence-electron chi connectivity index (χ3n) is 2.98. The summed E-state index contributed by atoms with van der Waals surface area (Å²) in [6.07, 6.45) is -5.23. The second-order valence-corrected chi connectivity index (χ2v) is 3.99. The van der Waals surface area contributed by atoms with Crippen LogP contribution in [0.5, 0.6) is 0 Å². The summed E-state index contributed by atoms with van der Waals surface area (Å²) in [5.74, 6) is -1.89. The van der Waals surface area contributed by atoms with Crippen LogP contribution in [0.2, 0.25) is 0 Å². The number of benzene rings is 1. The first-order chi connectivity index (χ1) is 7.87. The smallest absolute Gasteiger partial charge is 0.422 e. The summed E-state index contributed by atoms with van der Waals surface area (Å²) in [6.45, 7) is 0. The Morgan fingerprint density at radius 3 is 2.59 bits per heavy atom. The quantitative estimate of drug-likeness (QED) is 0.798. The molecule has 0 saturated carbocycles. The number of nitrogens with one attached hydrogen (secondary N) is 1. The molecule has 0 fully saturated rings. The van der Waals surface area contributed by atoms with Gasteiger partial charge in [-0.2, -0.15) is 13.2 Å². The molecule has 0 bridgehead atoms. The van der Waals surface area contributed by atoms with Gasteiger partial charge >= 0.3 is 12.1 Å². The Hall–Kier alpha value is -1.72. The summed E-state index contributed by atoms with van der Waals surface area (Å²) in [5.41, 5.74) is -1.94. The molecule has 0 aromatic heterocycles. The van der Waals surface area contributed by atoms with E-state index in [0.717, 1.165) is 0 Å². The maximum absolute atomic E-state index is 12.9. The van der Waals surface area contributed by atoms with E-state index in [1.54, 1.807) is 18.2 Å². The average molecular weight is 245 g/mol. The zero-order valence-corrected chi connectivity index (χ0v) is 8.71. The molecule has 6 heteroatoms. The van der Waals surface area contributed by atoms with Gasteiger partial charge in [0.15, 0.2) is 0 Å². The van der Waals surface area contributed by atoms with Crippen LogP contribution in [-0.4, -0.2) is 22.8 Å². The van der Waals surface area contributed by atoms with Crippen molar-refractivity contribution < 1.29 is 23.1 Å². The summed E-state index contributed by atoms with van der Waals surface area (Å²) in [4.78, 5) is 11.0. The number of carboxylic acids is 1.